The molecule has 28 heavy (non-hydrogen) atoms. The molecule has 0 saturated heterocycles. The largest absolute Gasteiger partial charge is 0.318 e. The SMILES string of the molecule is CC1=NN(c2ccccc2)C(=O)C1=Cc1cc(C)n(-c2ccc(F)cc2)c1C. The third-order valence-corrected chi connectivity index (χ3v) is 4.92. The van der Waals surface area contributed by atoms with Crippen molar-refractivity contribution in [2.45, 2.75) is 20.8 Å². The second-order valence-electron chi connectivity index (χ2n) is 6.83. The van der Waals surface area contributed by atoms with Gasteiger partial charge in [0.2, 0.25) is 0 Å². The molecule has 1 aliphatic rings. The molecule has 4 nitrogen and oxygen atoms in total. The summed E-state index contributed by atoms with van der Waals surface area (Å²) in [5.41, 5.74) is 5.81. The molecule has 0 unspecified atom stereocenters. The van der Waals surface area contributed by atoms with Crippen molar-refractivity contribution in [3.63, 3.8) is 0 Å². The molecule has 0 N–H and O–H groups in total. The molecule has 0 atom stereocenters. The molecule has 140 valence electrons. The molecule has 1 aromatic heterocycles. The Kier molecular flexibility index (Phi) is 4.43. The van der Waals surface area contributed by atoms with Crippen LogP contribution in [0.3, 0.4) is 0 Å². The van der Waals surface area contributed by atoms with Gasteiger partial charge < -0.3 is 4.57 Å². The summed E-state index contributed by atoms with van der Waals surface area (Å²) >= 11 is 0. The van der Waals surface area contributed by atoms with Crippen molar-refractivity contribution in [3.8, 4) is 5.69 Å². The lowest BCUT2D eigenvalue weighted by molar-refractivity contribution is -0.114. The van der Waals surface area contributed by atoms with Crippen LogP contribution < -0.4 is 5.01 Å². The zero-order valence-corrected chi connectivity index (χ0v) is 16.0. The topological polar surface area (TPSA) is 37.6 Å². The van der Waals surface area contributed by atoms with Gasteiger partial charge in [0.15, 0.2) is 0 Å². The first kappa shape index (κ1) is 17.9. The van der Waals surface area contributed by atoms with E-state index in [1.165, 1.54) is 17.1 Å². The van der Waals surface area contributed by atoms with Gasteiger partial charge in [-0.25, -0.2) is 4.39 Å². The van der Waals surface area contributed by atoms with Gasteiger partial charge in [-0.3, -0.25) is 4.79 Å². The summed E-state index contributed by atoms with van der Waals surface area (Å²) in [4.78, 5) is 12.9. The predicted molar refractivity (Wildman–Crippen MR) is 110 cm³/mol. The minimum atomic E-state index is -0.266. The van der Waals surface area contributed by atoms with Gasteiger partial charge in [0.1, 0.15) is 5.82 Å². The van der Waals surface area contributed by atoms with Crippen LogP contribution >= 0.6 is 0 Å². The molecule has 0 fully saturated rings. The summed E-state index contributed by atoms with van der Waals surface area (Å²) in [6.07, 6.45) is 1.88. The molecule has 5 heteroatoms. The monoisotopic (exact) mass is 373 g/mol. The molecule has 2 aromatic carbocycles. The van der Waals surface area contributed by atoms with Crippen LogP contribution in [0.4, 0.5) is 10.1 Å². The van der Waals surface area contributed by atoms with E-state index < -0.39 is 0 Å². The second kappa shape index (κ2) is 6.93. The second-order valence-corrected chi connectivity index (χ2v) is 6.83. The summed E-state index contributed by atoms with van der Waals surface area (Å²) < 4.78 is 15.3. The highest BCUT2D eigenvalue weighted by molar-refractivity contribution is 6.32. The average Bonchev–Trinajstić information content (AvgIpc) is 3.13. The van der Waals surface area contributed by atoms with Gasteiger partial charge in [-0.15, -0.1) is 0 Å². The summed E-state index contributed by atoms with van der Waals surface area (Å²) in [7, 11) is 0. The van der Waals surface area contributed by atoms with Gasteiger partial charge in [-0.2, -0.15) is 10.1 Å². The van der Waals surface area contributed by atoms with Crippen LogP contribution in [-0.2, 0) is 4.79 Å². The number of hydrazone groups is 1. The molecule has 1 aliphatic heterocycles. The Hall–Kier alpha value is -3.47. The molecule has 0 saturated carbocycles. The normalized spacial score (nSPS) is 15.4. The number of halogens is 1. The Morgan fingerprint density at radius 2 is 1.61 bits per heavy atom. The summed E-state index contributed by atoms with van der Waals surface area (Å²) in [6.45, 7) is 5.82. The third-order valence-electron chi connectivity index (χ3n) is 4.92. The maximum absolute atomic E-state index is 13.3. The van der Waals surface area contributed by atoms with E-state index in [9.17, 15) is 9.18 Å². The fourth-order valence-electron chi connectivity index (χ4n) is 3.51. The van der Waals surface area contributed by atoms with Crippen molar-refractivity contribution in [3.05, 3.63) is 89.0 Å². The van der Waals surface area contributed by atoms with Crippen LogP contribution in [0.15, 0.2) is 71.3 Å². The van der Waals surface area contributed by atoms with Crippen LogP contribution in [0, 0.1) is 19.7 Å². The molecule has 2 heterocycles. The molecule has 3 aromatic rings. The molecular weight excluding hydrogens is 353 g/mol. The number of nitrogens with zero attached hydrogens (tertiary/aromatic N) is 3. The van der Waals surface area contributed by atoms with E-state index in [0.717, 1.165) is 28.3 Å². The Morgan fingerprint density at radius 3 is 2.29 bits per heavy atom. The first-order valence-corrected chi connectivity index (χ1v) is 9.07. The molecular formula is C23H20FN3O. The van der Waals surface area contributed by atoms with Gasteiger partial charge in [0, 0.05) is 17.1 Å². The van der Waals surface area contributed by atoms with E-state index in [1.807, 2.05) is 67.8 Å². The Labute approximate surface area is 163 Å². The van der Waals surface area contributed by atoms with Crippen LogP contribution in [0.5, 0.6) is 0 Å². The number of carbonyl (C=O) groups excluding carboxylic acids is 1. The summed E-state index contributed by atoms with van der Waals surface area (Å²) in [5.74, 6) is -0.409. The number of aromatic nitrogens is 1. The number of amides is 1. The Bertz CT molecular complexity index is 1110. The quantitative estimate of drug-likeness (QED) is 0.593. The molecule has 0 bridgehead atoms. The standard InChI is InChI=1S/C23H20FN3O/c1-15-13-18(17(3)26(15)20-11-9-19(24)10-12-20)14-22-16(2)25-27(23(22)28)21-7-5-4-6-8-21/h4-14H,1-3H3. The number of carbonyl (C=O) groups is 1. The maximum atomic E-state index is 13.3. The van der Waals surface area contributed by atoms with Crippen LogP contribution in [0.2, 0.25) is 0 Å². The number of para-hydroxylation sites is 1. The van der Waals surface area contributed by atoms with E-state index in [0.29, 0.717) is 11.3 Å². The first-order valence-electron chi connectivity index (χ1n) is 9.07. The van der Waals surface area contributed by atoms with Crippen molar-refractivity contribution >= 4 is 23.4 Å². The number of rotatable bonds is 3. The number of anilines is 1. The molecule has 4 rings (SSSR count). The van der Waals surface area contributed by atoms with Gasteiger partial charge in [-0.1, -0.05) is 18.2 Å². The number of hydrogen-bond donors (Lipinski definition) is 0. The van der Waals surface area contributed by atoms with Gasteiger partial charge in [-0.05, 0) is 74.9 Å². The first-order chi connectivity index (χ1) is 13.5. The minimum Gasteiger partial charge on any atom is -0.318 e. The van der Waals surface area contributed by atoms with Crippen molar-refractivity contribution in [2.24, 2.45) is 5.10 Å². The van der Waals surface area contributed by atoms with E-state index in [4.69, 9.17) is 0 Å². The highest BCUT2D eigenvalue weighted by Gasteiger charge is 2.29. The lowest BCUT2D eigenvalue weighted by atomic mass is 10.1. The number of aryl methyl sites for hydroxylation is 1. The number of benzene rings is 2. The molecule has 0 aliphatic carbocycles. The molecule has 0 spiro atoms. The zero-order valence-electron chi connectivity index (χ0n) is 16.0. The Balaban J connectivity index is 1.72. The van der Waals surface area contributed by atoms with Crippen LogP contribution in [0.25, 0.3) is 11.8 Å². The van der Waals surface area contributed by atoms with Crippen LogP contribution in [-0.4, -0.2) is 16.2 Å². The fraction of sp³-hybridized carbons (Fsp3) is 0.130. The lowest BCUT2D eigenvalue weighted by Crippen LogP contribution is -2.21. The van der Waals surface area contributed by atoms with Gasteiger partial charge >= 0.3 is 0 Å². The smallest absolute Gasteiger partial charge is 0.280 e. The van der Waals surface area contributed by atoms with E-state index in [1.54, 1.807) is 12.1 Å². The van der Waals surface area contributed by atoms with E-state index in [2.05, 4.69) is 5.10 Å². The maximum Gasteiger partial charge on any atom is 0.280 e. The highest BCUT2D eigenvalue weighted by atomic mass is 19.1. The van der Waals surface area contributed by atoms with Gasteiger partial charge in [0.05, 0.1) is 17.0 Å². The molecule has 0 radical (unpaired) electrons. The molecule has 1 amide bonds. The van der Waals surface area contributed by atoms with Crippen molar-refractivity contribution in [2.75, 3.05) is 5.01 Å². The fourth-order valence-corrected chi connectivity index (χ4v) is 3.51. The van der Waals surface area contributed by atoms with Crippen molar-refractivity contribution < 1.29 is 9.18 Å². The van der Waals surface area contributed by atoms with E-state index in [-0.39, 0.29) is 11.7 Å². The average molecular weight is 373 g/mol. The summed E-state index contributed by atoms with van der Waals surface area (Å²) in [6, 6.07) is 17.8. The lowest BCUT2D eigenvalue weighted by Gasteiger charge is -2.11. The van der Waals surface area contributed by atoms with Crippen molar-refractivity contribution in [1.82, 2.24) is 4.57 Å². The third kappa shape index (κ3) is 3.05. The predicted octanol–water partition coefficient (Wildman–Crippen LogP) is 5.04. The zero-order chi connectivity index (χ0) is 19.8. The van der Waals surface area contributed by atoms with Crippen LogP contribution in [0.1, 0.15) is 23.9 Å². The summed E-state index contributed by atoms with van der Waals surface area (Å²) in [5, 5.41) is 5.86. The highest BCUT2D eigenvalue weighted by Crippen LogP contribution is 2.27. The minimum absolute atomic E-state index is 0.143. The van der Waals surface area contributed by atoms with Crippen molar-refractivity contribution in [1.29, 1.82) is 0 Å². The van der Waals surface area contributed by atoms with Gasteiger partial charge in [0.25, 0.3) is 5.91 Å². The Morgan fingerprint density at radius 1 is 0.929 bits per heavy atom. The van der Waals surface area contributed by atoms with E-state index >= 15 is 0 Å². The number of hydrogen-bond acceptors (Lipinski definition) is 2.